The smallest absolute Gasteiger partial charge is 0.264 e. The molecular formula is C22H30N2O3S. The Morgan fingerprint density at radius 1 is 1.00 bits per heavy atom. The highest BCUT2D eigenvalue weighted by Crippen LogP contribution is 2.27. The van der Waals surface area contributed by atoms with Crippen molar-refractivity contribution in [2.75, 3.05) is 17.4 Å². The standard InChI is InChI=1S/C22H30N2O3S/c1-4-6-9-16-23-22(25)17-24(21-11-8-7-10-19(21)5-2)28(26,27)20-14-12-18(3)13-15-20/h7-8,10-15H,4-6,9,16-17H2,1-3H3,(H,23,25). The lowest BCUT2D eigenvalue weighted by atomic mass is 10.1. The number of aryl methyl sites for hydroxylation is 2. The molecule has 0 unspecified atom stereocenters. The highest BCUT2D eigenvalue weighted by Gasteiger charge is 2.28. The quantitative estimate of drug-likeness (QED) is 0.610. The summed E-state index contributed by atoms with van der Waals surface area (Å²) in [5.41, 5.74) is 2.42. The summed E-state index contributed by atoms with van der Waals surface area (Å²) in [6.07, 6.45) is 3.66. The number of hydrogen-bond donors (Lipinski definition) is 1. The molecule has 0 bridgehead atoms. The molecule has 0 radical (unpaired) electrons. The number of nitrogens with one attached hydrogen (secondary N) is 1. The zero-order valence-corrected chi connectivity index (χ0v) is 17.8. The summed E-state index contributed by atoms with van der Waals surface area (Å²) in [7, 11) is -3.86. The van der Waals surface area contributed by atoms with Crippen LogP contribution in [0.4, 0.5) is 5.69 Å². The summed E-state index contributed by atoms with van der Waals surface area (Å²) in [5.74, 6) is -0.294. The van der Waals surface area contributed by atoms with Gasteiger partial charge in [0.05, 0.1) is 10.6 Å². The van der Waals surface area contributed by atoms with Crippen molar-refractivity contribution < 1.29 is 13.2 Å². The number of para-hydroxylation sites is 1. The van der Waals surface area contributed by atoms with Crippen LogP contribution in [0.2, 0.25) is 0 Å². The molecule has 0 aliphatic rings. The summed E-state index contributed by atoms with van der Waals surface area (Å²) < 4.78 is 28.0. The maximum atomic E-state index is 13.4. The van der Waals surface area contributed by atoms with Crippen molar-refractivity contribution in [2.45, 2.75) is 51.3 Å². The molecule has 1 N–H and O–H groups in total. The fourth-order valence-corrected chi connectivity index (χ4v) is 4.44. The van der Waals surface area contributed by atoms with E-state index < -0.39 is 10.0 Å². The minimum absolute atomic E-state index is 0.183. The molecule has 0 fully saturated rings. The number of anilines is 1. The number of amides is 1. The number of carbonyl (C=O) groups excluding carboxylic acids is 1. The van der Waals surface area contributed by atoms with Crippen LogP contribution in [0, 0.1) is 6.92 Å². The van der Waals surface area contributed by atoms with E-state index in [1.165, 1.54) is 4.31 Å². The molecule has 2 aromatic rings. The molecule has 28 heavy (non-hydrogen) atoms. The predicted octanol–water partition coefficient (Wildman–Crippen LogP) is 4.06. The lowest BCUT2D eigenvalue weighted by Crippen LogP contribution is -2.41. The third-order valence-electron chi connectivity index (χ3n) is 4.64. The second kappa shape index (κ2) is 10.3. The van der Waals surface area contributed by atoms with Crippen molar-refractivity contribution in [3.63, 3.8) is 0 Å². The summed E-state index contributed by atoms with van der Waals surface area (Å²) in [6, 6.07) is 14.0. The molecule has 2 aromatic carbocycles. The Morgan fingerprint density at radius 3 is 2.32 bits per heavy atom. The number of carbonyl (C=O) groups is 1. The normalized spacial score (nSPS) is 11.2. The summed E-state index contributed by atoms with van der Waals surface area (Å²) in [5, 5.41) is 2.84. The molecule has 0 atom stereocenters. The van der Waals surface area contributed by atoms with Crippen molar-refractivity contribution >= 4 is 21.6 Å². The minimum Gasteiger partial charge on any atom is -0.355 e. The van der Waals surface area contributed by atoms with Gasteiger partial charge in [-0.1, -0.05) is 62.6 Å². The van der Waals surface area contributed by atoms with Crippen LogP contribution in [0.3, 0.4) is 0 Å². The first-order valence-corrected chi connectivity index (χ1v) is 11.3. The van der Waals surface area contributed by atoms with E-state index in [1.54, 1.807) is 36.4 Å². The molecule has 0 spiro atoms. The molecule has 0 saturated carbocycles. The third kappa shape index (κ3) is 5.58. The van der Waals surface area contributed by atoms with Gasteiger partial charge in [0, 0.05) is 6.54 Å². The summed E-state index contributed by atoms with van der Waals surface area (Å²) in [4.78, 5) is 12.7. The Labute approximate surface area is 168 Å². The van der Waals surface area contributed by atoms with Crippen molar-refractivity contribution in [1.29, 1.82) is 0 Å². The molecule has 0 aliphatic carbocycles. The largest absolute Gasteiger partial charge is 0.355 e. The van der Waals surface area contributed by atoms with Gasteiger partial charge in [0.15, 0.2) is 0 Å². The topological polar surface area (TPSA) is 66.5 Å². The Morgan fingerprint density at radius 2 is 1.68 bits per heavy atom. The van der Waals surface area contributed by atoms with E-state index >= 15 is 0 Å². The van der Waals surface area contributed by atoms with Crippen LogP contribution in [0.1, 0.15) is 44.2 Å². The van der Waals surface area contributed by atoms with Gasteiger partial charge in [-0.25, -0.2) is 8.42 Å². The Kier molecular flexibility index (Phi) is 8.05. The number of rotatable bonds is 10. The fourth-order valence-electron chi connectivity index (χ4n) is 2.98. The first kappa shape index (κ1) is 22.0. The summed E-state index contributed by atoms with van der Waals surface area (Å²) in [6.45, 7) is 6.30. The van der Waals surface area contributed by atoms with E-state index in [0.717, 1.165) is 30.4 Å². The van der Waals surface area contributed by atoms with Crippen LogP contribution in [0.25, 0.3) is 0 Å². The van der Waals surface area contributed by atoms with Crippen molar-refractivity contribution in [1.82, 2.24) is 5.32 Å². The van der Waals surface area contributed by atoms with E-state index in [0.29, 0.717) is 18.7 Å². The number of hydrogen-bond acceptors (Lipinski definition) is 3. The molecule has 2 rings (SSSR count). The highest BCUT2D eigenvalue weighted by atomic mass is 32.2. The van der Waals surface area contributed by atoms with Crippen LogP contribution >= 0.6 is 0 Å². The molecule has 0 aliphatic heterocycles. The van der Waals surface area contributed by atoms with Gasteiger partial charge in [-0.15, -0.1) is 0 Å². The van der Waals surface area contributed by atoms with E-state index in [9.17, 15) is 13.2 Å². The van der Waals surface area contributed by atoms with Crippen LogP contribution in [0.5, 0.6) is 0 Å². The van der Waals surface area contributed by atoms with Gasteiger partial charge >= 0.3 is 0 Å². The van der Waals surface area contributed by atoms with Crippen LogP contribution in [0.15, 0.2) is 53.4 Å². The SMILES string of the molecule is CCCCCNC(=O)CN(c1ccccc1CC)S(=O)(=O)c1ccc(C)cc1. The van der Waals surface area contributed by atoms with Crippen molar-refractivity contribution in [3.05, 3.63) is 59.7 Å². The van der Waals surface area contributed by atoms with Gasteiger partial charge < -0.3 is 5.32 Å². The monoisotopic (exact) mass is 402 g/mol. The van der Waals surface area contributed by atoms with E-state index in [2.05, 4.69) is 12.2 Å². The highest BCUT2D eigenvalue weighted by molar-refractivity contribution is 7.92. The molecule has 5 nitrogen and oxygen atoms in total. The second-order valence-electron chi connectivity index (χ2n) is 6.86. The summed E-state index contributed by atoms with van der Waals surface area (Å²) >= 11 is 0. The lowest BCUT2D eigenvalue weighted by molar-refractivity contribution is -0.119. The van der Waals surface area contributed by atoms with Gasteiger partial charge in [-0.05, 0) is 43.5 Å². The molecular weight excluding hydrogens is 372 g/mol. The Hall–Kier alpha value is -2.34. The second-order valence-corrected chi connectivity index (χ2v) is 8.73. The zero-order valence-electron chi connectivity index (χ0n) is 16.9. The molecule has 152 valence electrons. The number of nitrogens with zero attached hydrogens (tertiary/aromatic N) is 1. The minimum atomic E-state index is -3.86. The van der Waals surface area contributed by atoms with Gasteiger partial charge in [0.25, 0.3) is 10.0 Å². The number of sulfonamides is 1. The molecule has 1 amide bonds. The number of unbranched alkanes of at least 4 members (excludes halogenated alkanes) is 2. The van der Waals surface area contributed by atoms with Gasteiger partial charge in [-0.3, -0.25) is 9.10 Å². The maximum Gasteiger partial charge on any atom is 0.264 e. The Bertz CT molecular complexity index is 877. The zero-order chi connectivity index (χ0) is 20.6. The van der Waals surface area contributed by atoms with E-state index in [4.69, 9.17) is 0 Å². The number of benzene rings is 2. The Balaban J connectivity index is 2.36. The molecule has 0 saturated heterocycles. The van der Waals surface area contributed by atoms with Crippen molar-refractivity contribution in [2.24, 2.45) is 0 Å². The molecule has 0 heterocycles. The lowest BCUT2D eigenvalue weighted by Gasteiger charge is -2.26. The van der Waals surface area contributed by atoms with Crippen molar-refractivity contribution in [3.8, 4) is 0 Å². The van der Waals surface area contributed by atoms with Crippen LogP contribution in [-0.2, 0) is 21.2 Å². The van der Waals surface area contributed by atoms with Crippen LogP contribution in [-0.4, -0.2) is 27.4 Å². The first-order chi connectivity index (χ1) is 13.4. The fraction of sp³-hybridized carbons (Fsp3) is 0.409. The molecule has 0 aromatic heterocycles. The maximum absolute atomic E-state index is 13.4. The van der Waals surface area contributed by atoms with E-state index in [1.807, 2.05) is 26.0 Å². The predicted molar refractivity (Wildman–Crippen MR) is 114 cm³/mol. The van der Waals surface area contributed by atoms with Gasteiger partial charge in [0.1, 0.15) is 6.54 Å². The van der Waals surface area contributed by atoms with E-state index in [-0.39, 0.29) is 17.3 Å². The third-order valence-corrected chi connectivity index (χ3v) is 6.41. The molecule has 6 heteroatoms. The average Bonchev–Trinajstić information content (AvgIpc) is 2.69. The van der Waals surface area contributed by atoms with Crippen LogP contribution < -0.4 is 9.62 Å². The van der Waals surface area contributed by atoms with Gasteiger partial charge in [0.2, 0.25) is 5.91 Å². The van der Waals surface area contributed by atoms with Gasteiger partial charge in [-0.2, -0.15) is 0 Å². The first-order valence-electron chi connectivity index (χ1n) is 9.84. The average molecular weight is 403 g/mol.